The molecule has 0 saturated heterocycles. The lowest BCUT2D eigenvalue weighted by Crippen LogP contribution is -2.16. The molecule has 1 N–H and O–H groups in total. The molecule has 0 radical (unpaired) electrons. The van der Waals surface area contributed by atoms with Crippen molar-refractivity contribution in [3.05, 3.63) is 16.1 Å². The number of nitrogens with one attached hydrogen (secondary N) is 1. The van der Waals surface area contributed by atoms with Crippen LogP contribution in [0.25, 0.3) is 0 Å². The zero-order valence-electron chi connectivity index (χ0n) is 9.55. The second-order valence-corrected chi connectivity index (χ2v) is 5.36. The van der Waals surface area contributed by atoms with E-state index < -0.39 is 0 Å². The Balaban J connectivity index is 2.51. The minimum atomic E-state index is 0.196. The Bertz CT molecular complexity index is 273. The third kappa shape index (κ3) is 3.39. The fourth-order valence-corrected chi connectivity index (χ4v) is 2.10. The lowest BCUT2D eigenvalue weighted by molar-refractivity contribution is 0.581. The smallest absolute Gasteiger partial charge is 0.0981 e. The van der Waals surface area contributed by atoms with Gasteiger partial charge >= 0.3 is 0 Å². The van der Waals surface area contributed by atoms with Gasteiger partial charge in [0.25, 0.3) is 0 Å². The molecule has 0 aliphatic carbocycles. The Labute approximate surface area is 90.8 Å². The van der Waals surface area contributed by atoms with Crippen molar-refractivity contribution >= 4 is 11.3 Å². The molecule has 80 valence electrons. The molecule has 0 amide bonds. The number of rotatable bonds is 4. The first-order chi connectivity index (χ1) is 6.54. The van der Waals surface area contributed by atoms with Crippen molar-refractivity contribution in [2.45, 2.75) is 39.5 Å². The van der Waals surface area contributed by atoms with Gasteiger partial charge in [0.05, 0.1) is 10.7 Å². The summed E-state index contributed by atoms with van der Waals surface area (Å²) >= 11 is 1.78. The summed E-state index contributed by atoms with van der Waals surface area (Å²) in [5, 5.41) is 6.73. The van der Waals surface area contributed by atoms with Crippen LogP contribution in [0.4, 0.5) is 0 Å². The summed E-state index contributed by atoms with van der Waals surface area (Å²) in [4.78, 5) is 4.63. The second kappa shape index (κ2) is 4.89. The molecule has 1 aromatic heterocycles. The number of hydrogen-bond acceptors (Lipinski definition) is 3. The standard InChI is InChI=1S/C11H20N2S/c1-5-12-7-6-9-8-14-10(13-9)11(2,3)4/h8,12H,5-7H2,1-4H3. The van der Waals surface area contributed by atoms with Gasteiger partial charge in [0.1, 0.15) is 0 Å². The van der Waals surface area contributed by atoms with Gasteiger partial charge in [-0.15, -0.1) is 11.3 Å². The highest BCUT2D eigenvalue weighted by molar-refractivity contribution is 7.09. The zero-order chi connectivity index (χ0) is 10.6. The molecule has 0 atom stereocenters. The topological polar surface area (TPSA) is 24.9 Å². The fourth-order valence-electron chi connectivity index (χ4n) is 1.16. The molecular formula is C11H20N2S. The summed E-state index contributed by atoms with van der Waals surface area (Å²) in [5.74, 6) is 0. The summed E-state index contributed by atoms with van der Waals surface area (Å²) in [5.41, 5.74) is 1.42. The lowest BCUT2D eigenvalue weighted by Gasteiger charge is -2.13. The predicted molar refractivity (Wildman–Crippen MR) is 63.1 cm³/mol. The SMILES string of the molecule is CCNCCc1csc(C(C)(C)C)n1. The highest BCUT2D eigenvalue weighted by atomic mass is 32.1. The van der Waals surface area contributed by atoms with E-state index in [9.17, 15) is 0 Å². The molecule has 0 fully saturated rings. The van der Waals surface area contributed by atoms with Crippen LogP contribution in [0.5, 0.6) is 0 Å². The zero-order valence-corrected chi connectivity index (χ0v) is 10.4. The van der Waals surface area contributed by atoms with Gasteiger partial charge in [-0.3, -0.25) is 0 Å². The Hall–Kier alpha value is -0.410. The molecule has 0 unspecified atom stereocenters. The summed E-state index contributed by atoms with van der Waals surface area (Å²) in [6, 6.07) is 0. The van der Waals surface area contributed by atoms with Crippen LogP contribution in [0, 0.1) is 0 Å². The number of likely N-dealkylation sites (N-methyl/N-ethyl adjacent to an activating group) is 1. The molecular weight excluding hydrogens is 192 g/mol. The average molecular weight is 212 g/mol. The minimum absolute atomic E-state index is 0.196. The van der Waals surface area contributed by atoms with Crippen molar-refractivity contribution in [1.29, 1.82) is 0 Å². The van der Waals surface area contributed by atoms with Crippen LogP contribution >= 0.6 is 11.3 Å². The molecule has 0 aromatic carbocycles. The van der Waals surface area contributed by atoms with Gasteiger partial charge in [0.2, 0.25) is 0 Å². The number of thiazole rings is 1. The van der Waals surface area contributed by atoms with Crippen LogP contribution in [0.15, 0.2) is 5.38 Å². The average Bonchev–Trinajstić information content (AvgIpc) is 2.52. The van der Waals surface area contributed by atoms with E-state index in [0.29, 0.717) is 0 Å². The van der Waals surface area contributed by atoms with Gasteiger partial charge in [0, 0.05) is 23.8 Å². The van der Waals surface area contributed by atoms with Crippen LogP contribution in [-0.4, -0.2) is 18.1 Å². The molecule has 3 heteroatoms. The molecule has 0 bridgehead atoms. The molecule has 0 aliphatic heterocycles. The van der Waals surface area contributed by atoms with Gasteiger partial charge < -0.3 is 5.32 Å². The normalized spacial score (nSPS) is 12.0. The van der Waals surface area contributed by atoms with E-state index in [1.165, 1.54) is 10.7 Å². The summed E-state index contributed by atoms with van der Waals surface area (Å²) in [6.45, 7) is 10.8. The van der Waals surface area contributed by atoms with Gasteiger partial charge in [0.15, 0.2) is 0 Å². The van der Waals surface area contributed by atoms with Crippen LogP contribution < -0.4 is 5.32 Å². The molecule has 1 heterocycles. The highest BCUT2D eigenvalue weighted by Crippen LogP contribution is 2.25. The molecule has 1 rings (SSSR count). The van der Waals surface area contributed by atoms with Crippen molar-refractivity contribution in [1.82, 2.24) is 10.3 Å². The van der Waals surface area contributed by atoms with Gasteiger partial charge in [-0.1, -0.05) is 27.7 Å². The monoisotopic (exact) mass is 212 g/mol. The predicted octanol–water partition coefficient (Wildman–Crippen LogP) is 2.59. The molecule has 0 saturated carbocycles. The summed E-state index contributed by atoms with van der Waals surface area (Å²) < 4.78 is 0. The first-order valence-corrected chi connectivity index (χ1v) is 6.07. The highest BCUT2D eigenvalue weighted by Gasteiger charge is 2.17. The van der Waals surface area contributed by atoms with Crippen molar-refractivity contribution in [3.8, 4) is 0 Å². The quantitative estimate of drug-likeness (QED) is 0.776. The molecule has 0 spiro atoms. The minimum Gasteiger partial charge on any atom is -0.317 e. The van der Waals surface area contributed by atoms with Crippen LogP contribution in [-0.2, 0) is 11.8 Å². The first kappa shape index (κ1) is 11.7. The molecule has 1 aromatic rings. The van der Waals surface area contributed by atoms with E-state index in [4.69, 9.17) is 0 Å². The van der Waals surface area contributed by atoms with Crippen LogP contribution in [0.2, 0.25) is 0 Å². The van der Waals surface area contributed by atoms with E-state index in [1.54, 1.807) is 11.3 Å². The molecule has 2 nitrogen and oxygen atoms in total. The summed E-state index contributed by atoms with van der Waals surface area (Å²) in [6.07, 6.45) is 1.04. The van der Waals surface area contributed by atoms with Crippen molar-refractivity contribution in [2.75, 3.05) is 13.1 Å². The van der Waals surface area contributed by atoms with E-state index in [2.05, 4.69) is 43.4 Å². The first-order valence-electron chi connectivity index (χ1n) is 5.19. The van der Waals surface area contributed by atoms with E-state index in [1.807, 2.05) is 0 Å². The van der Waals surface area contributed by atoms with E-state index in [-0.39, 0.29) is 5.41 Å². The van der Waals surface area contributed by atoms with Gasteiger partial charge in [-0.2, -0.15) is 0 Å². The maximum Gasteiger partial charge on any atom is 0.0981 e. The number of aromatic nitrogens is 1. The van der Waals surface area contributed by atoms with Crippen molar-refractivity contribution < 1.29 is 0 Å². The van der Waals surface area contributed by atoms with Gasteiger partial charge in [-0.25, -0.2) is 4.98 Å². The Kier molecular flexibility index (Phi) is 4.08. The third-order valence-corrected chi connectivity index (χ3v) is 3.32. The Morgan fingerprint density at radius 3 is 2.64 bits per heavy atom. The Morgan fingerprint density at radius 1 is 1.43 bits per heavy atom. The van der Waals surface area contributed by atoms with Gasteiger partial charge in [-0.05, 0) is 6.54 Å². The Morgan fingerprint density at radius 2 is 2.14 bits per heavy atom. The van der Waals surface area contributed by atoms with E-state index in [0.717, 1.165) is 19.5 Å². The largest absolute Gasteiger partial charge is 0.317 e. The van der Waals surface area contributed by atoms with Crippen LogP contribution in [0.1, 0.15) is 38.4 Å². The number of nitrogens with zero attached hydrogens (tertiary/aromatic N) is 1. The van der Waals surface area contributed by atoms with Crippen molar-refractivity contribution in [3.63, 3.8) is 0 Å². The second-order valence-electron chi connectivity index (χ2n) is 4.50. The van der Waals surface area contributed by atoms with Crippen LogP contribution in [0.3, 0.4) is 0 Å². The maximum absolute atomic E-state index is 4.63. The fraction of sp³-hybridized carbons (Fsp3) is 0.727. The third-order valence-electron chi connectivity index (χ3n) is 2.00. The molecule has 14 heavy (non-hydrogen) atoms. The van der Waals surface area contributed by atoms with Crippen molar-refractivity contribution in [2.24, 2.45) is 0 Å². The summed E-state index contributed by atoms with van der Waals surface area (Å²) in [7, 11) is 0. The lowest BCUT2D eigenvalue weighted by atomic mass is 9.98. The number of hydrogen-bond donors (Lipinski definition) is 1. The molecule has 0 aliphatic rings. The maximum atomic E-state index is 4.63. The van der Waals surface area contributed by atoms with E-state index >= 15 is 0 Å².